The summed E-state index contributed by atoms with van der Waals surface area (Å²) in [6.45, 7) is 3.12. The first-order valence-electron chi connectivity index (χ1n) is 8.08. The van der Waals surface area contributed by atoms with E-state index in [1.807, 2.05) is 6.07 Å². The molecule has 1 aromatic carbocycles. The Labute approximate surface area is 136 Å². The normalized spacial score (nSPS) is 21.8. The maximum Gasteiger partial charge on any atom is 0.123 e. The molecule has 1 atom stereocenters. The monoisotopic (exact) mass is 352 g/mol. The Balaban J connectivity index is 1.35. The predicted octanol–water partition coefficient (Wildman–Crippen LogP) is 3.22. The number of halogens is 1. The molecule has 0 amide bonds. The first-order chi connectivity index (χ1) is 10.2. The molecule has 1 unspecified atom stereocenters. The Morgan fingerprint density at radius 1 is 1.33 bits per heavy atom. The van der Waals surface area contributed by atoms with Gasteiger partial charge in [0.1, 0.15) is 11.9 Å². The van der Waals surface area contributed by atoms with Crippen LogP contribution in [-0.4, -0.2) is 43.7 Å². The van der Waals surface area contributed by atoms with E-state index in [-0.39, 0.29) is 6.10 Å². The van der Waals surface area contributed by atoms with Gasteiger partial charge in [0.25, 0.3) is 0 Å². The molecule has 0 saturated heterocycles. The smallest absolute Gasteiger partial charge is 0.123 e. The topological polar surface area (TPSA) is 24.5 Å². The Morgan fingerprint density at radius 2 is 2.14 bits per heavy atom. The molecule has 0 radical (unpaired) electrons. The van der Waals surface area contributed by atoms with E-state index in [9.17, 15) is 0 Å². The molecular formula is C17H25BrN2O. The molecule has 1 fully saturated rings. The van der Waals surface area contributed by atoms with Gasteiger partial charge in [0.05, 0.1) is 0 Å². The predicted molar refractivity (Wildman–Crippen MR) is 90.0 cm³/mol. The fourth-order valence-electron chi connectivity index (χ4n) is 3.45. The van der Waals surface area contributed by atoms with E-state index >= 15 is 0 Å². The molecule has 1 aliphatic carbocycles. The van der Waals surface area contributed by atoms with Crippen LogP contribution in [0.5, 0.6) is 5.75 Å². The lowest BCUT2D eigenvalue weighted by Gasteiger charge is -2.24. The fraction of sp³-hybridized carbons (Fsp3) is 0.647. The van der Waals surface area contributed by atoms with E-state index in [1.54, 1.807) is 0 Å². The largest absolute Gasteiger partial charge is 0.488 e. The Kier molecular flexibility index (Phi) is 5.19. The minimum atomic E-state index is 0.283. The summed E-state index contributed by atoms with van der Waals surface area (Å²) in [5.74, 6) is 1.05. The van der Waals surface area contributed by atoms with E-state index < -0.39 is 0 Å². The second-order valence-electron chi connectivity index (χ2n) is 6.32. The molecule has 0 aromatic heterocycles. The fourth-order valence-corrected chi connectivity index (χ4v) is 3.86. The lowest BCUT2D eigenvalue weighted by atomic mass is 10.1. The molecule has 1 heterocycles. The summed E-state index contributed by atoms with van der Waals surface area (Å²) >= 11 is 3.52. The lowest BCUT2D eigenvalue weighted by molar-refractivity contribution is 0.214. The van der Waals surface area contributed by atoms with Crippen molar-refractivity contribution in [1.29, 1.82) is 0 Å². The van der Waals surface area contributed by atoms with E-state index in [0.717, 1.165) is 42.3 Å². The van der Waals surface area contributed by atoms with Crippen molar-refractivity contribution in [3.8, 4) is 5.75 Å². The van der Waals surface area contributed by atoms with Crippen molar-refractivity contribution in [3.05, 3.63) is 28.2 Å². The van der Waals surface area contributed by atoms with Gasteiger partial charge in [-0.05, 0) is 43.7 Å². The van der Waals surface area contributed by atoms with Crippen LogP contribution in [-0.2, 0) is 6.42 Å². The third-order valence-corrected chi connectivity index (χ3v) is 5.22. The van der Waals surface area contributed by atoms with Gasteiger partial charge in [0.15, 0.2) is 0 Å². The Hall–Kier alpha value is -0.580. The summed E-state index contributed by atoms with van der Waals surface area (Å²) in [4.78, 5) is 2.52. The number of nitrogens with one attached hydrogen (secondary N) is 1. The van der Waals surface area contributed by atoms with Gasteiger partial charge >= 0.3 is 0 Å². The van der Waals surface area contributed by atoms with E-state index in [1.165, 1.54) is 31.2 Å². The van der Waals surface area contributed by atoms with Crippen molar-refractivity contribution in [3.63, 3.8) is 0 Å². The summed E-state index contributed by atoms with van der Waals surface area (Å²) in [5.41, 5.74) is 1.32. The number of hydrogen-bond acceptors (Lipinski definition) is 3. The zero-order valence-corrected chi connectivity index (χ0v) is 14.4. The van der Waals surface area contributed by atoms with Crippen molar-refractivity contribution >= 4 is 15.9 Å². The van der Waals surface area contributed by atoms with Crippen molar-refractivity contribution in [2.45, 2.75) is 44.2 Å². The number of likely N-dealkylation sites (N-methyl/N-ethyl adjacent to an activating group) is 1. The summed E-state index contributed by atoms with van der Waals surface area (Å²) in [5, 5.41) is 3.55. The highest BCUT2D eigenvalue weighted by molar-refractivity contribution is 9.10. The molecule has 2 aliphatic rings. The number of benzene rings is 1. The van der Waals surface area contributed by atoms with Crippen molar-refractivity contribution in [1.82, 2.24) is 10.2 Å². The van der Waals surface area contributed by atoms with Crippen molar-refractivity contribution in [2.24, 2.45) is 0 Å². The van der Waals surface area contributed by atoms with Gasteiger partial charge in [-0.15, -0.1) is 0 Å². The van der Waals surface area contributed by atoms with E-state index in [4.69, 9.17) is 4.74 Å². The summed E-state index contributed by atoms with van der Waals surface area (Å²) in [7, 11) is 2.26. The molecular weight excluding hydrogens is 328 g/mol. The van der Waals surface area contributed by atoms with Crippen molar-refractivity contribution < 1.29 is 4.74 Å². The zero-order chi connectivity index (χ0) is 14.7. The maximum atomic E-state index is 5.97. The third-order valence-electron chi connectivity index (χ3n) is 4.73. The SMILES string of the molecule is CN(CCNCC1Cc2cc(Br)ccc2O1)C1CCCC1. The number of ether oxygens (including phenoxy) is 1. The van der Waals surface area contributed by atoms with Gasteiger partial charge < -0.3 is 15.0 Å². The molecule has 3 rings (SSSR count). The van der Waals surface area contributed by atoms with Crippen LogP contribution in [0.2, 0.25) is 0 Å². The quantitative estimate of drug-likeness (QED) is 0.795. The molecule has 1 N–H and O–H groups in total. The average molecular weight is 353 g/mol. The standard InChI is InChI=1S/C17H25BrN2O/c1-20(15-4-2-3-5-15)9-8-19-12-16-11-13-10-14(18)6-7-17(13)21-16/h6-7,10,15-16,19H,2-5,8-9,11-12H2,1H3. The molecule has 3 nitrogen and oxygen atoms in total. The van der Waals surface area contributed by atoms with E-state index in [2.05, 4.69) is 45.3 Å². The number of fused-ring (bicyclic) bond motifs is 1. The van der Waals surface area contributed by atoms with Gasteiger partial charge in [-0.3, -0.25) is 0 Å². The number of hydrogen-bond donors (Lipinski definition) is 1. The van der Waals surface area contributed by atoms with Crippen LogP contribution < -0.4 is 10.1 Å². The minimum absolute atomic E-state index is 0.283. The molecule has 116 valence electrons. The molecule has 1 saturated carbocycles. The molecule has 21 heavy (non-hydrogen) atoms. The second kappa shape index (κ2) is 7.12. The zero-order valence-electron chi connectivity index (χ0n) is 12.8. The van der Waals surface area contributed by atoms with Crippen LogP contribution in [0.25, 0.3) is 0 Å². The molecule has 1 aliphatic heterocycles. The first kappa shape index (κ1) is 15.3. The lowest BCUT2D eigenvalue weighted by Crippen LogP contribution is -2.38. The Morgan fingerprint density at radius 3 is 2.95 bits per heavy atom. The third kappa shape index (κ3) is 3.99. The highest BCUT2D eigenvalue weighted by atomic mass is 79.9. The number of nitrogens with zero attached hydrogens (tertiary/aromatic N) is 1. The molecule has 4 heteroatoms. The van der Waals surface area contributed by atoms with Gasteiger partial charge in [-0.1, -0.05) is 28.8 Å². The molecule has 1 aromatic rings. The van der Waals surface area contributed by atoms with Crippen LogP contribution in [0.3, 0.4) is 0 Å². The highest BCUT2D eigenvalue weighted by Crippen LogP contribution is 2.30. The van der Waals surface area contributed by atoms with Crippen LogP contribution in [0.1, 0.15) is 31.2 Å². The molecule has 0 bridgehead atoms. The summed E-state index contributed by atoms with van der Waals surface area (Å²) in [6.07, 6.45) is 6.88. The Bertz CT molecular complexity index is 474. The van der Waals surface area contributed by atoms with E-state index in [0.29, 0.717) is 0 Å². The van der Waals surface area contributed by atoms with Gasteiger partial charge in [0.2, 0.25) is 0 Å². The first-order valence-corrected chi connectivity index (χ1v) is 8.88. The van der Waals surface area contributed by atoms with Gasteiger partial charge in [-0.25, -0.2) is 0 Å². The maximum absolute atomic E-state index is 5.97. The summed E-state index contributed by atoms with van der Waals surface area (Å²) < 4.78 is 7.11. The van der Waals surface area contributed by atoms with Crippen LogP contribution in [0, 0.1) is 0 Å². The highest BCUT2D eigenvalue weighted by Gasteiger charge is 2.23. The van der Waals surface area contributed by atoms with Crippen molar-refractivity contribution in [2.75, 3.05) is 26.7 Å². The van der Waals surface area contributed by atoms with Crippen LogP contribution in [0.15, 0.2) is 22.7 Å². The average Bonchev–Trinajstić information content (AvgIpc) is 3.11. The van der Waals surface area contributed by atoms with Gasteiger partial charge in [-0.2, -0.15) is 0 Å². The second-order valence-corrected chi connectivity index (χ2v) is 7.23. The summed E-state index contributed by atoms with van der Waals surface area (Å²) in [6, 6.07) is 7.10. The van der Waals surface area contributed by atoms with Crippen LogP contribution >= 0.6 is 15.9 Å². The minimum Gasteiger partial charge on any atom is -0.488 e. The molecule has 0 spiro atoms. The van der Waals surface area contributed by atoms with Crippen LogP contribution in [0.4, 0.5) is 0 Å². The van der Waals surface area contributed by atoms with Gasteiger partial charge in [0, 0.05) is 36.6 Å². The number of rotatable bonds is 6.